The summed E-state index contributed by atoms with van der Waals surface area (Å²) >= 11 is 7.20. The van der Waals surface area contributed by atoms with Crippen molar-refractivity contribution in [1.29, 1.82) is 0 Å². The molecule has 0 radical (unpaired) electrons. The fraction of sp³-hybridized carbons (Fsp3) is 0.278. The van der Waals surface area contributed by atoms with E-state index in [4.69, 9.17) is 21.1 Å². The monoisotopic (exact) mass is 423 g/mol. The summed E-state index contributed by atoms with van der Waals surface area (Å²) in [7, 11) is 2.96. The van der Waals surface area contributed by atoms with Crippen molar-refractivity contribution in [2.45, 2.75) is 13.1 Å². The maximum atomic E-state index is 12.8. The highest BCUT2D eigenvalue weighted by Crippen LogP contribution is 2.27. The standard InChI is InChI=1S/C18H18ClN3O5S/c1-26-7-6-21-17(24)16-13(5-8-28-16)22(18(21)25)10-15(23)20-12-9-11(19)3-4-14(12)27-2/h3-5,8-9H,6-7,10H2,1-2H3,(H,20,23). The number of hydrogen-bond donors (Lipinski definition) is 1. The molecule has 2 aromatic heterocycles. The van der Waals surface area contributed by atoms with Crippen molar-refractivity contribution in [3.8, 4) is 5.75 Å². The van der Waals surface area contributed by atoms with Gasteiger partial charge in [0.05, 0.1) is 31.5 Å². The summed E-state index contributed by atoms with van der Waals surface area (Å²) < 4.78 is 12.9. The number of hydrogen-bond acceptors (Lipinski definition) is 6. The number of nitrogens with one attached hydrogen (secondary N) is 1. The second-order valence-electron chi connectivity index (χ2n) is 5.85. The van der Waals surface area contributed by atoms with Gasteiger partial charge in [-0.3, -0.25) is 18.7 Å². The van der Waals surface area contributed by atoms with Gasteiger partial charge in [0.2, 0.25) is 5.91 Å². The molecule has 148 valence electrons. The molecule has 8 nitrogen and oxygen atoms in total. The highest BCUT2D eigenvalue weighted by atomic mass is 35.5. The lowest BCUT2D eigenvalue weighted by Crippen LogP contribution is -2.42. The molecule has 0 bridgehead atoms. The Balaban J connectivity index is 1.97. The third-order valence-electron chi connectivity index (χ3n) is 4.09. The maximum Gasteiger partial charge on any atom is 0.332 e. The summed E-state index contributed by atoms with van der Waals surface area (Å²) in [5.74, 6) is -0.0112. The van der Waals surface area contributed by atoms with Gasteiger partial charge in [-0.25, -0.2) is 4.79 Å². The molecule has 28 heavy (non-hydrogen) atoms. The predicted octanol–water partition coefficient (Wildman–Crippen LogP) is 2.17. The van der Waals surface area contributed by atoms with Gasteiger partial charge in [-0.05, 0) is 29.6 Å². The van der Waals surface area contributed by atoms with E-state index in [9.17, 15) is 14.4 Å². The fourth-order valence-electron chi connectivity index (χ4n) is 2.78. The molecule has 0 atom stereocenters. The molecule has 0 unspecified atom stereocenters. The van der Waals surface area contributed by atoms with Crippen molar-refractivity contribution < 1.29 is 14.3 Å². The summed E-state index contributed by atoms with van der Waals surface area (Å²) in [6.45, 7) is 0.0404. The van der Waals surface area contributed by atoms with Crippen LogP contribution < -0.4 is 21.3 Å². The number of halogens is 1. The van der Waals surface area contributed by atoms with Crippen molar-refractivity contribution >= 4 is 44.7 Å². The number of rotatable bonds is 7. The van der Waals surface area contributed by atoms with Gasteiger partial charge in [0.25, 0.3) is 5.56 Å². The normalized spacial score (nSPS) is 11.0. The zero-order valence-electron chi connectivity index (χ0n) is 15.2. The quantitative estimate of drug-likeness (QED) is 0.628. The lowest BCUT2D eigenvalue weighted by molar-refractivity contribution is -0.116. The van der Waals surface area contributed by atoms with Crippen LogP contribution in [0.3, 0.4) is 0 Å². The van der Waals surface area contributed by atoms with Crippen LogP contribution in [0.25, 0.3) is 10.2 Å². The Morgan fingerprint density at radius 3 is 2.71 bits per heavy atom. The molecule has 1 amide bonds. The zero-order chi connectivity index (χ0) is 20.3. The molecule has 2 heterocycles. The molecular weight excluding hydrogens is 406 g/mol. The average Bonchev–Trinajstić information content (AvgIpc) is 3.15. The van der Waals surface area contributed by atoms with Crippen molar-refractivity contribution in [3.05, 3.63) is 55.5 Å². The topological polar surface area (TPSA) is 91.6 Å². The minimum Gasteiger partial charge on any atom is -0.495 e. The van der Waals surface area contributed by atoms with Crippen LogP contribution in [0, 0.1) is 0 Å². The van der Waals surface area contributed by atoms with E-state index in [1.165, 1.54) is 30.1 Å². The number of carbonyl (C=O) groups is 1. The lowest BCUT2D eigenvalue weighted by atomic mass is 10.3. The molecule has 0 aliphatic rings. The van der Waals surface area contributed by atoms with E-state index in [-0.39, 0.29) is 25.3 Å². The molecule has 1 N–H and O–H groups in total. The van der Waals surface area contributed by atoms with E-state index >= 15 is 0 Å². The molecule has 0 saturated heterocycles. The van der Waals surface area contributed by atoms with Gasteiger partial charge in [-0.1, -0.05) is 11.6 Å². The largest absolute Gasteiger partial charge is 0.495 e. The smallest absolute Gasteiger partial charge is 0.332 e. The van der Waals surface area contributed by atoms with E-state index < -0.39 is 11.6 Å². The minimum absolute atomic E-state index is 0.103. The van der Waals surface area contributed by atoms with Gasteiger partial charge in [-0.2, -0.15) is 0 Å². The first-order valence-corrected chi connectivity index (χ1v) is 9.55. The molecule has 0 spiro atoms. The van der Waals surface area contributed by atoms with Gasteiger partial charge in [-0.15, -0.1) is 11.3 Å². The van der Waals surface area contributed by atoms with Crippen LogP contribution in [0.5, 0.6) is 5.75 Å². The van der Waals surface area contributed by atoms with Gasteiger partial charge < -0.3 is 14.8 Å². The molecule has 1 aromatic carbocycles. The van der Waals surface area contributed by atoms with E-state index in [2.05, 4.69) is 5.32 Å². The Labute approximate surface area is 168 Å². The first-order valence-electron chi connectivity index (χ1n) is 8.29. The van der Waals surface area contributed by atoms with Gasteiger partial charge >= 0.3 is 5.69 Å². The highest BCUT2D eigenvalue weighted by molar-refractivity contribution is 7.17. The van der Waals surface area contributed by atoms with Gasteiger partial charge in [0, 0.05) is 12.1 Å². The maximum absolute atomic E-state index is 12.8. The number of methoxy groups -OCH3 is 2. The lowest BCUT2D eigenvalue weighted by Gasteiger charge is -2.13. The third-order valence-corrected chi connectivity index (χ3v) is 5.22. The van der Waals surface area contributed by atoms with E-state index in [1.54, 1.807) is 29.6 Å². The Kier molecular flexibility index (Phi) is 6.18. The number of thiophene rings is 1. The van der Waals surface area contributed by atoms with Crippen LogP contribution in [0.4, 0.5) is 5.69 Å². The second kappa shape index (κ2) is 8.59. The molecule has 0 aliphatic heterocycles. The number of anilines is 1. The fourth-order valence-corrected chi connectivity index (χ4v) is 3.79. The summed E-state index contributed by atoms with van der Waals surface area (Å²) in [6.07, 6.45) is 0. The Hall–Kier alpha value is -2.62. The molecular formula is C18H18ClN3O5S. The Bertz CT molecular complexity index is 1130. The summed E-state index contributed by atoms with van der Waals surface area (Å²) in [4.78, 5) is 38.0. The van der Waals surface area contributed by atoms with Gasteiger partial charge in [0.15, 0.2) is 0 Å². The van der Waals surface area contributed by atoms with Crippen LogP contribution in [-0.4, -0.2) is 35.9 Å². The summed E-state index contributed by atoms with van der Waals surface area (Å²) in [5.41, 5.74) is -0.148. The van der Waals surface area contributed by atoms with E-state index in [0.717, 1.165) is 4.57 Å². The predicted molar refractivity (Wildman–Crippen MR) is 109 cm³/mol. The number of aromatic nitrogens is 2. The summed E-state index contributed by atoms with van der Waals surface area (Å²) in [5, 5.41) is 4.84. The van der Waals surface area contributed by atoms with E-state index in [1.807, 2.05) is 0 Å². The van der Waals surface area contributed by atoms with Crippen LogP contribution in [0.2, 0.25) is 5.02 Å². The first kappa shape index (κ1) is 20.1. The molecule has 3 aromatic rings. The van der Waals surface area contributed by atoms with Crippen molar-refractivity contribution in [2.75, 3.05) is 26.1 Å². The van der Waals surface area contributed by atoms with Crippen molar-refractivity contribution in [2.24, 2.45) is 0 Å². The Morgan fingerprint density at radius 2 is 2.00 bits per heavy atom. The van der Waals surface area contributed by atoms with Crippen molar-refractivity contribution in [1.82, 2.24) is 9.13 Å². The first-order chi connectivity index (χ1) is 13.5. The van der Waals surface area contributed by atoms with Gasteiger partial charge in [0.1, 0.15) is 17.0 Å². The van der Waals surface area contributed by atoms with Crippen LogP contribution in [-0.2, 0) is 22.6 Å². The number of fused-ring (bicyclic) bond motifs is 1. The second-order valence-corrected chi connectivity index (χ2v) is 7.20. The number of benzene rings is 1. The van der Waals surface area contributed by atoms with Crippen LogP contribution in [0.15, 0.2) is 39.2 Å². The minimum atomic E-state index is -0.568. The van der Waals surface area contributed by atoms with Crippen LogP contribution >= 0.6 is 22.9 Å². The average molecular weight is 424 g/mol. The molecule has 0 fully saturated rings. The molecule has 0 saturated carbocycles. The number of nitrogens with zero attached hydrogens (tertiary/aromatic N) is 2. The number of ether oxygens (including phenoxy) is 2. The van der Waals surface area contributed by atoms with Crippen LogP contribution in [0.1, 0.15) is 0 Å². The summed E-state index contributed by atoms with van der Waals surface area (Å²) in [6, 6.07) is 6.48. The van der Waals surface area contributed by atoms with E-state index in [0.29, 0.717) is 26.7 Å². The zero-order valence-corrected chi connectivity index (χ0v) is 16.8. The molecule has 0 aliphatic carbocycles. The molecule has 10 heteroatoms. The highest BCUT2D eigenvalue weighted by Gasteiger charge is 2.17. The Morgan fingerprint density at radius 1 is 1.21 bits per heavy atom. The molecule has 3 rings (SSSR count). The number of carbonyl (C=O) groups excluding carboxylic acids is 1. The third kappa shape index (κ3) is 3.96. The number of amides is 1. The van der Waals surface area contributed by atoms with Crippen molar-refractivity contribution in [3.63, 3.8) is 0 Å². The SMILES string of the molecule is COCCn1c(=O)c2sccc2n(CC(=O)Nc2cc(Cl)ccc2OC)c1=O.